The Bertz CT molecular complexity index is 354. The van der Waals surface area contributed by atoms with Crippen molar-refractivity contribution >= 4 is 17.6 Å². The molecule has 25 heavy (non-hydrogen) atoms. The Balaban J connectivity index is 5.79. The van der Waals surface area contributed by atoms with E-state index in [0.29, 0.717) is 0 Å². The summed E-state index contributed by atoms with van der Waals surface area (Å²) in [6, 6.07) is 0. The molecule has 152 valence electrons. The zero-order valence-corrected chi connectivity index (χ0v) is 20.2. The van der Waals surface area contributed by atoms with Gasteiger partial charge in [0.05, 0.1) is 28.1 Å². The van der Waals surface area contributed by atoms with Gasteiger partial charge < -0.3 is 27.3 Å². The van der Waals surface area contributed by atoms with Crippen LogP contribution in [0.25, 0.3) is 0 Å². The summed E-state index contributed by atoms with van der Waals surface area (Å²) in [4.78, 5) is 22.4. The van der Waals surface area contributed by atoms with Crippen LogP contribution in [0.2, 0.25) is 5.67 Å². The van der Waals surface area contributed by atoms with Crippen molar-refractivity contribution in [1.29, 1.82) is 0 Å². The second-order valence-electron chi connectivity index (χ2n) is 10.5. The van der Waals surface area contributed by atoms with Crippen LogP contribution in [-0.2, 0) is 17.7 Å². The third-order valence-electron chi connectivity index (χ3n) is 2.31. The van der Waals surface area contributed by atoms with Crippen LogP contribution in [0.15, 0.2) is 0 Å². The van der Waals surface area contributed by atoms with Gasteiger partial charge in [0.15, 0.2) is 0 Å². The molecule has 0 spiro atoms. The van der Waals surface area contributed by atoms with Crippen molar-refractivity contribution in [1.82, 2.24) is 0 Å². The SMILES string of the molecule is CC(C)(C)O[Si](O)(C[Si](O)(OC(C)(C)C)OC(C)(C)C)OC(C)(C)C. The number of rotatable bonds is 6. The van der Waals surface area contributed by atoms with Gasteiger partial charge in [-0.3, -0.25) is 0 Å². The third-order valence-corrected chi connectivity index (χ3v) is 9.61. The maximum atomic E-state index is 11.2. The lowest BCUT2D eigenvalue weighted by Crippen LogP contribution is -2.62. The monoisotopic (exact) mass is 396 g/mol. The highest BCUT2D eigenvalue weighted by atomic mass is 28.5. The molecule has 0 amide bonds. The van der Waals surface area contributed by atoms with Gasteiger partial charge in [-0.2, -0.15) is 0 Å². The average Bonchev–Trinajstić information content (AvgIpc) is 1.97. The van der Waals surface area contributed by atoms with Crippen molar-refractivity contribution in [2.24, 2.45) is 0 Å². The predicted molar refractivity (Wildman–Crippen MR) is 104 cm³/mol. The molecule has 0 rings (SSSR count). The Labute approximate surface area is 156 Å². The molecule has 0 bridgehead atoms. The first-order chi connectivity index (χ1) is 10.5. The molecule has 0 aromatic rings. The molecule has 0 saturated heterocycles. The van der Waals surface area contributed by atoms with Gasteiger partial charge in [-0.1, -0.05) is 0 Å². The minimum atomic E-state index is -3.79. The van der Waals surface area contributed by atoms with Gasteiger partial charge in [-0.05, 0) is 83.1 Å². The van der Waals surface area contributed by atoms with Crippen LogP contribution in [0.5, 0.6) is 0 Å². The highest BCUT2D eigenvalue weighted by Gasteiger charge is 2.57. The van der Waals surface area contributed by atoms with Crippen molar-refractivity contribution in [3.05, 3.63) is 0 Å². The fourth-order valence-corrected chi connectivity index (χ4v) is 9.71. The van der Waals surface area contributed by atoms with Crippen LogP contribution in [0.1, 0.15) is 83.1 Å². The van der Waals surface area contributed by atoms with E-state index in [1.165, 1.54) is 0 Å². The summed E-state index contributed by atoms with van der Waals surface area (Å²) in [6.45, 7) is 22.1. The van der Waals surface area contributed by atoms with E-state index in [2.05, 4.69) is 0 Å². The lowest BCUT2D eigenvalue weighted by Gasteiger charge is -2.42. The lowest BCUT2D eigenvalue weighted by atomic mass is 10.2. The molecule has 0 aromatic carbocycles. The Morgan fingerprint density at radius 1 is 0.480 bits per heavy atom. The standard InChI is InChI=1S/C17H40O6Si2/c1-14(2,3)20-24(18,21-15(4,5)6)13-25(19,22-16(7,8)9)23-17(10,11)12/h18-19H,13H2,1-12H3. The first-order valence-corrected chi connectivity index (χ1v) is 12.7. The van der Waals surface area contributed by atoms with Crippen molar-refractivity contribution in [2.75, 3.05) is 0 Å². The van der Waals surface area contributed by atoms with Crippen LogP contribution in [0.3, 0.4) is 0 Å². The Morgan fingerprint density at radius 2 is 0.640 bits per heavy atom. The quantitative estimate of drug-likeness (QED) is 0.667. The minimum absolute atomic E-state index is 0.164. The van der Waals surface area contributed by atoms with Crippen molar-refractivity contribution < 1.29 is 27.3 Å². The maximum absolute atomic E-state index is 11.2. The second-order valence-corrected chi connectivity index (χ2v) is 15.5. The summed E-state index contributed by atoms with van der Waals surface area (Å²) in [6.07, 6.45) is 0. The van der Waals surface area contributed by atoms with Gasteiger partial charge in [0.2, 0.25) is 0 Å². The smallest absolute Gasteiger partial charge is 0.390 e. The van der Waals surface area contributed by atoms with Gasteiger partial charge in [-0.25, -0.2) is 0 Å². The van der Waals surface area contributed by atoms with E-state index in [1.807, 2.05) is 83.1 Å². The minimum Gasteiger partial charge on any atom is -0.390 e. The summed E-state index contributed by atoms with van der Waals surface area (Å²) in [5.41, 5.74) is -2.70. The third kappa shape index (κ3) is 13.1. The highest BCUT2D eigenvalue weighted by Crippen LogP contribution is 2.32. The largest absolute Gasteiger partial charge is 0.503 e. The van der Waals surface area contributed by atoms with Crippen molar-refractivity contribution in [2.45, 2.75) is 111 Å². The zero-order valence-electron chi connectivity index (χ0n) is 18.2. The summed E-state index contributed by atoms with van der Waals surface area (Å²) in [7, 11) is -7.59. The van der Waals surface area contributed by atoms with Crippen LogP contribution < -0.4 is 0 Å². The van der Waals surface area contributed by atoms with Gasteiger partial charge in [-0.15, -0.1) is 0 Å². The first kappa shape index (κ1) is 25.2. The first-order valence-electron chi connectivity index (χ1n) is 8.79. The molecule has 0 fully saturated rings. The molecule has 0 atom stereocenters. The molecule has 0 radical (unpaired) electrons. The van der Waals surface area contributed by atoms with E-state index in [9.17, 15) is 9.59 Å². The average molecular weight is 397 g/mol. The zero-order chi connectivity index (χ0) is 20.5. The van der Waals surface area contributed by atoms with Crippen LogP contribution in [0, 0.1) is 0 Å². The van der Waals surface area contributed by atoms with Crippen molar-refractivity contribution in [3.8, 4) is 0 Å². The molecule has 0 aliphatic heterocycles. The molecule has 0 aromatic heterocycles. The Hall–Kier alpha value is 0.194. The summed E-state index contributed by atoms with van der Waals surface area (Å²) in [5, 5.41) is 0. The molecule has 2 N–H and O–H groups in total. The molecule has 0 aliphatic rings. The van der Waals surface area contributed by atoms with Gasteiger partial charge in [0.25, 0.3) is 0 Å². The van der Waals surface area contributed by atoms with Crippen LogP contribution in [0.4, 0.5) is 0 Å². The molecular weight excluding hydrogens is 356 g/mol. The molecule has 6 nitrogen and oxygen atoms in total. The molecular formula is C17H40O6Si2. The molecule has 0 heterocycles. The molecule has 0 saturated carbocycles. The summed E-state index contributed by atoms with van der Waals surface area (Å²) < 4.78 is 23.7. The predicted octanol–water partition coefficient (Wildman–Crippen LogP) is 3.65. The normalized spacial score (nSPS) is 15.6. The number of hydrogen-bond acceptors (Lipinski definition) is 6. The topological polar surface area (TPSA) is 77.4 Å². The molecule has 0 unspecified atom stereocenters. The van der Waals surface area contributed by atoms with Crippen LogP contribution in [-0.4, -0.2) is 49.6 Å². The molecule has 8 heteroatoms. The number of hydrogen-bond donors (Lipinski definition) is 2. The van der Waals surface area contributed by atoms with E-state index < -0.39 is 40.0 Å². The van der Waals surface area contributed by atoms with Crippen LogP contribution >= 0.6 is 0 Å². The fourth-order valence-electron chi connectivity index (χ4n) is 2.38. The van der Waals surface area contributed by atoms with E-state index in [1.54, 1.807) is 0 Å². The van der Waals surface area contributed by atoms with E-state index in [-0.39, 0.29) is 5.67 Å². The highest BCUT2D eigenvalue weighted by molar-refractivity contribution is 6.79. The van der Waals surface area contributed by atoms with E-state index in [4.69, 9.17) is 17.7 Å². The Morgan fingerprint density at radius 3 is 0.760 bits per heavy atom. The summed E-state index contributed by atoms with van der Waals surface area (Å²) >= 11 is 0. The maximum Gasteiger partial charge on any atom is 0.503 e. The van der Waals surface area contributed by atoms with Gasteiger partial charge in [0.1, 0.15) is 0 Å². The van der Waals surface area contributed by atoms with Crippen molar-refractivity contribution in [3.63, 3.8) is 0 Å². The molecule has 0 aliphatic carbocycles. The Kier molecular flexibility index (Phi) is 7.73. The lowest BCUT2D eigenvalue weighted by molar-refractivity contribution is -0.0440. The summed E-state index contributed by atoms with van der Waals surface area (Å²) in [5.74, 6) is 0. The fraction of sp³-hybridized carbons (Fsp3) is 1.00. The second kappa shape index (κ2) is 7.67. The van der Waals surface area contributed by atoms with E-state index in [0.717, 1.165) is 0 Å². The van der Waals surface area contributed by atoms with Gasteiger partial charge in [0, 0.05) is 0 Å². The van der Waals surface area contributed by atoms with Gasteiger partial charge >= 0.3 is 17.6 Å². The van der Waals surface area contributed by atoms with E-state index >= 15 is 0 Å².